The molecule has 0 bridgehead atoms. The number of carbonyl (C=O) groups is 1. The van der Waals surface area contributed by atoms with Crippen LogP contribution in [-0.2, 0) is 19.4 Å². The first-order valence-corrected chi connectivity index (χ1v) is 16.4. The molecular formula is C34H33Br2N3O6. The molecule has 2 N–H and O–H groups in total. The first kappa shape index (κ1) is 31.5. The van der Waals surface area contributed by atoms with E-state index in [4.69, 9.17) is 24.1 Å². The highest BCUT2D eigenvalue weighted by atomic mass is 79.9. The molecule has 0 unspecified atom stereocenters. The van der Waals surface area contributed by atoms with Gasteiger partial charge >= 0.3 is 0 Å². The monoisotopic (exact) mass is 737 g/mol. The number of benzene rings is 2. The lowest BCUT2D eigenvalue weighted by Gasteiger charge is -2.19. The lowest BCUT2D eigenvalue weighted by atomic mass is 9.91. The third-order valence-electron chi connectivity index (χ3n) is 8.27. The number of aldehydes is 1. The lowest BCUT2D eigenvalue weighted by molar-refractivity contribution is 0.111. The van der Waals surface area contributed by atoms with Crippen LogP contribution in [0.25, 0.3) is 11.1 Å². The first-order chi connectivity index (χ1) is 21.9. The Morgan fingerprint density at radius 2 is 1.40 bits per heavy atom. The number of fused-ring (bicyclic) bond motifs is 2. The summed E-state index contributed by atoms with van der Waals surface area (Å²) in [4.78, 5) is 20.5. The molecule has 4 aromatic rings. The van der Waals surface area contributed by atoms with Gasteiger partial charge in [0.15, 0.2) is 6.29 Å². The number of hydrogen-bond acceptors (Lipinski definition) is 9. The van der Waals surface area contributed by atoms with Gasteiger partial charge in [-0.2, -0.15) is 9.97 Å². The van der Waals surface area contributed by atoms with Gasteiger partial charge in [0.1, 0.15) is 12.2 Å². The average molecular weight is 739 g/mol. The van der Waals surface area contributed by atoms with Gasteiger partial charge in [0.05, 0.1) is 35.3 Å². The predicted molar refractivity (Wildman–Crippen MR) is 176 cm³/mol. The number of halogens is 2. The SMILES string of the molecule is COc1nc(O[C@H]2CCc3c(-c4cccc5c4CC[C@@H]5Oc4nc(OC)c(CNCCO)cc4Br)cccc32)c(Br)cc1C=O. The smallest absolute Gasteiger partial charge is 0.231 e. The number of ether oxygens (including phenoxy) is 4. The molecule has 2 aromatic carbocycles. The minimum atomic E-state index is -0.177. The summed E-state index contributed by atoms with van der Waals surface area (Å²) in [6.07, 6.45) is 3.80. The van der Waals surface area contributed by atoms with Crippen LogP contribution in [0.4, 0.5) is 0 Å². The van der Waals surface area contributed by atoms with E-state index in [1.54, 1.807) is 13.2 Å². The number of hydrogen-bond donors (Lipinski definition) is 2. The van der Waals surface area contributed by atoms with Crippen LogP contribution in [0.5, 0.6) is 23.5 Å². The van der Waals surface area contributed by atoms with E-state index >= 15 is 0 Å². The highest BCUT2D eigenvalue weighted by Crippen LogP contribution is 2.46. The molecule has 2 aliphatic carbocycles. The van der Waals surface area contributed by atoms with E-state index in [1.165, 1.54) is 29.4 Å². The van der Waals surface area contributed by atoms with Crippen molar-refractivity contribution in [1.82, 2.24) is 15.3 Å². The van der Waals surface area contributed by atoms with Crippen LogP contribution in [0.15, 0.2) is 57.5 Å². The van der Waals surface area contributed by atoms with E-state index in [-0.39, 0.29) is 24.7 Å². The zero-order valence-electron chi connectivity index (χ0n) is 24.9. The van der Waals surface area contributed by atoms with E-state index in [0.29, 0.717) is 47.1 Å². The van der Waals surface area contributed by atoms with Crippen molar-refractivity contribution in [2.75, 3.05) is 27.4 Å². The van der Waals surface area contributed by atoms with Crippen LogP contribution in [-0.4, -0.2) is 48.7 Å². The van der Waals surface area contributed by atoms with Crippen LogP contribution in [0.1, 0.15) is 63.2 Å². The number of aliphatic hydroxyl groups is 1. The molecule has 0 fully saturated rings. The molecular weight excluding hydrogens is 706 g/mol. The summed E-state index contributed by atoms with van der Waals surface area (Å²) in [7, 11) is 3.08. The molecule has 234 valence electrons. The third-order valence-corrected chi connectivity index (χ3v) is 9.40. The average Bonchev–Trinajstić information content (AvgIpc) is 3.67. The van der Waals surface area contributed by atoms with E-state index in [1.807, 2.05) is 6.07 Å². The summed E-state index contributed by atoms with van der Waals surface area (Å²) >= 11 is 7.14. The van der Waals surface area contributed by atoms with Crippen LogP contribution in [0.3, 0.4) is 0 Å². The fourth-order valence-electron chi connectivity index (χ4n) is 6.23. The normalized spacial score (nSPS) is 16.6. The van der Waals surface area contributed by atoms with Crippen molar-refractivity contribution in [3.8, 4) is 34.6 Å². The van der Waals surface area contributed by atoms with E-state index < -0.39 is 0 Å². The molecule has 0 saturated carbocycles. The molecule has 45 heavy (non-hydrogen) atoms. The van der Waals surface area contributed by atoms with Gasteiger partial charge in [-0.15, -0.1) is 0 Å². The Kier molecular flexibility index (Phi) is 9.70. The van der Waals surface area contributed by atoms with Gasteiger partial charge < -0.3 is 29.4 Å². The molecule has 2 aromatic heterocycles. The maximum atomic E-state index is 11.4. The predicted octanol–water partition coefficient (Wildman–Crippen LogP) is 6.71. The number of aliphatic hydroxyl groups excluding tert-OH is 1. The maximum Gasteiger partial charge on any atom is 0.231 e. The number of rotatable bonds is 12. The molecule has 0 radical (unpaired) electrons. The van der Waals surface area contributed by atoms with Gasteiger partial charge in [-0.1, -0.05) is 36.4 Å². The minimum Gasteiger partial charge on any atom is -0.481 e. The first-order valence-electron chi connectivity index (χ1n) is 14.8. The van der Waals surface area contributed by atoms with Gasteiger partial charge in [-0.3, -0.25) is 4.79 Å². The Morgan fingerprint density at radius 3 is 1.93 bits per heavy atom. The Balaban J connectivity index is 1.26. The van der Waals surface area contributed by atoms with Crippen LogP contribution >= 0.6 is 31.9 Å². The van der Waals surface area contributed by atoms with Crippen LogP contribution < -0.4 is 24.3 Å². The summed E-state index contributed by atoms with van der Waals surface area (Å²) in [6, 6.07) is 16.4. The standard InChI is InChI=1S/C34H33Br2N3O6/c1-42-31-19(17-37-13-14-40)15-27(35)33(38-31)44-29-11-9-23-21(5-3-7-25(23)29)22-6-4-8-26-24(22)10-12-30(26)45-34-28(36)16-20(18-41)32(39-34)43-2/h3-8,15-16,18,29-30,37,40H,9-14,17H2,1-2H3/t29-,30-/m0/s1. The highest BCUT2D eigenvalue weighted by Gasteiger charge is 2.32. The molecule has 0 saturated heterocycles. The number of nitrogens with zero attached hydrogens (tertiary/aromatic N) is 2. The number of methoxy groups -OCH3 is 2. The Labute approximate surface area is 278 Å². The highest BCUT2D eigenvalue weighted by molar-refractivity contribution is 9.10. The third kappa shape index (κ3) is 6.31. The second-order valence-electron chi connectivity index (χ2n) is 10.9. The summed E-state index contributed by atoms with van der Waals surface area (Å²) in [5.74, 6) is 1.60. The van der Waals surface area contributed by atoms with Crippen LogP contribution in [0, 0.1) is 0 Å². The van der Waals surface area contributed by atoms with Crippen molar-refractivity contribution >= 4 is 38.1 Å². The number of pyridine rings is 2. The molecule has 2 heterocycles. The Morgan fingerprint density at radius 1 is 0.844 bits per heavy atom. The van der Waals surface area contributed by atoms with Crippen molar-refractivity contribution < 1.29 is 28.8 Å². The fraction of sp³-hybridized carbons (Fsp3) is 0.324. The molecule has 0 aliphatic heterocycles. The molecule has 2 aliphatic rings. The second kappa shape index (κ2) is 13.9. The summed E-state index contributed by atoms with van der Waals surface area (Å²) in [5.41, 5.74) is 8.50. The molecule has 6 rings (SSSR count). The van der Waals surface area contributed by atoms with Gasteiger partial charge in [0, 0.05) is 18.7 Å². The van der Waals surface area contributed by atoms with Crippen molar-refractivity contribution in [2.45, 2.75) is 44.4 Å². The fourth-order valence-corrected chi connectivity index (χ4v) is 7.12. The van der Waals surface area contributed by atoms with E-state index in [9.17, 15) is 4.79 Å². The van der Waals surface area contributed by atoms with E-state index in [2.05, 4.69) is 83.5 Å². The summed E-state index contributed by atoms with van der Waals surface area (Å²) in [6.45, 7) is 1.07. The van der Waals surface area contributed by atoms with Gasteiger partial charge in [-0.25, -0.2) is 0 Å². The molecule has 0 amide bonds. The number of nitrogens with one attached hydrogen (secondary N) is 1. The van der Waals surface area contributed by atoms with Crippen molar-refractivity contribution in [3.63, 3.8) is 0 Å². The second-order valence-corrected chi connectivity index (χ2v) is 12.6. The number of carbonyl (C=O) groups excluding carboxylic acids is 1. The van der Waals surface area contributed by atoms with Gasteiger partial charge in [-0.05, 0) is 103 Å². The van der Waals surface area contributed by atoms with Gasteiger partial charge in [0.2, 0.25) is 23.5 Å². The zero-order valence-corrected chi connectivity index (χ0v) is 28.1. The van der Waals surface area contributed by atoms with Gasteiger partial charge in [0.25, 0.3) is 0 Å². The van der Waals surface area contributed by atoms with Crippen molar-refractivity contribution in [3.05, 3.63) is 90.9 Å². The van der Waals surface area contributed by atoms with Crippen molar-refractivity contribution in [2.24, 2.45) is 0 Å². The molecule has 2 atom stereocenters. The lowest BCUT2D eigenvalue weighted by Crippen LogP contribution is -2.18. The molecule has 9 nitrogen and oxygen atoms in total. The van der Waals surface area contributed by atoms with Crippen molar-refractivity contribution in [1.29, 1.82) is 0 Å². The topological polar surface area (TPSA) is 112 Å². The van der Waals surface area contributed by atoms with Crippen LogP contribution in [0.2, 0.25) is 0 Å². The maximum absolute atomic E-state index is 11.4. The summed E-state index contributed by atoms with van der Waals surface area (Å²) < 4.78 is 25.1. The van der Waals surface area contributed by atoms with E-state index in [0.717, 1.165) is 46.8 Å². The summed E-state index contributed by atoms with van der Waals surface area (Å²) in [5, 5.41) is 12.3. The minimum absolute atomic E-state index is 0.0598. The Bertz CT molecular complexity index is 1730. The quantitative estimate of drug-likeness (QED) is 0.121. The number of aromatic nitrogens is 2. The molecule has 0 spiro atoms. The zero-order chi connectivity index (χ0) is 31.5. The largest absolute Gasteiger partial charge is 0.481 e. The Hall–Kier alpha value is -3.51. The molecule has 11 heteroatoms.